The molecule has 4 heteroatoms. The van der Waals surface area contributed by atoms with Crippen LogP contribution in [0.15, 0.2) is 59.1 Å². The van der Waals surface area contributed by atoms with Gasteiger partial charge in [0, 0.05) is 19.9 Å². The summed E-state index contributed by atoms with van der Waals surface area (Å²) < 4.78 is 0.954. The van der Waals surface area contributed by atoms with Gasteiger partial charge in [0.1, 0.15) is 0 Å². The monoisotopic (exact) mass is 379 g/mol. The molecule has 3 aromatic rings. The Morgan fingerprint density at radius 3 is 2.24 bits per heavy atom. The molecule has 3 aromatic carbocycles. The summed E-state index contributed by atoms with van der Waals surface area (Å²) in [6, 6.07) is 17.2. The Labute approximate surface area is 141 Å². The van der Waals surface area contributed by atoms with E-state index in [-0.39, 0.29) is 6.04 Å². The summed E-state index contributed by atoms with van der Waals surface area (Å²) >= 11 is 16.0. The highest BCUT2D eigenvalue weighted by atomic mass is 79.9. The fourth-order valence-corrected chi connectivity index (χ4v) is 3.32. The quantitative estimate of drug-likeness (QED) is 0.583. The average Bonchev–Trinajstić information content (AvgIpc) is 2.50. The van der Waals surface area contributed by atoms with Crippen molar-refractivity contribution in [1.29, 1.82) is 0 Å². The minimum atomic E-state index is -0.308. The summed E-state index contributed by atoms with van der Waals surface area (Å²) in [5.74, 6) is 0. The molecule has 106 valence electrons. The zero-order valence-electron chi connectivity index (χ0n) is 11.0. The van der Waals surface area contributed by atoms with E-state index in [4.69, 9.17) is 28.9 Å². The maximum absolute atomic E-state index is 6.45. The van der Waals surface area contributed by atoms with Gasteiger partial charge >= 0.3 is 0 Å². The smallest absolute Gasteiger partial charge is 0.0572 e. The fourth-order valence-electron chi connectivity index (χ4n) is 2.48. The van der Waals surface area contributed by atoms with Gasteiger partial charge in [-0.25, -0.2) is 0 Å². The maximum atomic E-state index is 6.45. The lowest BCUT2D eigenvalue weighted by Gasteiger charge is -2.17. The second-order valence-corrected chi connectivity index (χ2v) is 6.56. The lowest BCUT2D eigenvalue weighted by atomic mass is 9.94. The molecule has 0 spiro atoms. The summed E-state index contributed by atoms with van der Waals surface area (Å²) in [6.45, 7) is 0. The van der Waals surface area contributed by atoms with Crippen molar-refractivity contribution in [1.82, 2.24) is 0 Å². The molecule has 0 radical (unpaired) electrons. The Hall–Kier alpha value is -1.06. The van der Waals surface area contributed by atoms with Crippen molar-refractivity contribution >= 4 is 49.9 Å². The lowest BCUT2D eigenvalue weighted by molar-refractivity contribution is 0.880. The first-order valence-electron chi connectivity index (χ1n) is 6.45. The van der Waals surface area contributed by atoms with Crippen LogP contribution >= 0.6 is 39.1 Å². The van der Waals surface area contributed by atoms with E-state index in [9.17, 15) is 0 Å². The van der Waals surface area contributed by atoms with Gasteiger partial charge in [0.05, 0.1) is 6.04 Å². The van der Waals surface area contributed by atoms with Crippen LogP contribution in [0.5, 0.6) is 0 Å². The number of hydrogen-bond acceptors (Lipinski definition) is 1. The third-order valence-corrected chi connectivity index (χ3v) is 4.70. The van der Waals surface area contributed by atoms with Crippen molar-refractivity contribution < 1.29 is 0 Å². The molecule has 0 saturated heterocycles. The van der Waals surface area contributed by atoms with Crippen LogP contribution < -0.4 is 5.73 Å². The number of hydrogen-bond donors (Lipinski definition) is 1. The van der Waals surface area contributed by atoms with Gasteiger partial charge in [-0.3, -0.25) is 0 Å². The molecule has 0 amide bonds. The van der Waals surface area contributed by atoms with E-state index in [0.29, 0.717) is 5.02 Å². The van der Waals surface area contributed by atoms with Gasteiger partial charge in [-0.1, -0.05) is 69.5 Å². The first kappa shape index (κ1) is 14.9. The van der Waals surface area contributed by atoms with Crippen LogP contribution in [-0.4, -0.2) is 0 Å². The van der Waals surface area contributed by atoms with E-state index < -0.39 is 0 Å². The first-order valence-corrected chi connectivity index (χ1v) is 8.00. The van der Waals surface area contributed by atoms with E-state index >= 15 is 0 Å². The predicted octanol–water partition coefficient (Wildman–Crippen LogP) is 5.96. The molecule has 0 fully saturated rings. The summed E-state index contributed by atoms with van der Waals surface area (Å²) in [6.07, 6.45) is 0. The molecule has 0 aromatic heterocycles. The minimum absolute atomic E-state index is 0.308. The van der Waals surface area contributed by atoms with Crippen molar-refractivity contribution in [3.8, 4) is 0 Å². The highest BCUT2D eigenvalue weighted by Gasteiger charge is 2.16. The van der Waals surface area contributed by atoms with Crippen LogP contribution in [-0.2, 0) is 0 Å². The second-order valence-electron chi connectivity index (χ2n) is 4.83. The molecule has 3 rings (SSSR count). The summed E-state index contributed by atoms with van der Waals surface area (Å²) in [4.78, 5) is 0. The largest absolute Gasteiger partial charge is 0.320 e. The molecule has 0 bridgehead atoms. The normalized spacial score (nSPS) is 12.6. The standard InChI is InChI=1S/C17H12BrCl2N/c18-10-5-7-16(20)14(9-10)17(21)13-6-8-15(19)12-4-2-1-3-11(12)13/h1-9,17H,21H2. The predicted molar refractivity (Wildman–Crippen MR) is 94.1 cm³/mol. The topological polar surface area (TPSA) is 26.0 Å². The first-order chi connectivity index (χ1) is 10.1. The molecular formula is C17H12BrCl2N. The van der Waals surface area contributed by atoms with Crippen molar-refractivity contribution in [3.63, 3.8) is 0 Å². The van der Waals surface area contributed by atoms with E-state index in [1.165, 1.54) is 0 Å². The number of benzene rings is 3. The van der Waals surface area contributed by atoms with Gasteiger partial charge < -0.3 is 5.73 Å². The second kappa shape index (κ2) is 5.98. The number of rotatable bonds is 2. The highest BCUT2D eigenvalue weighted by molar-refractivity contribution is 9.10. The third kappa shape index (κ3) is 2.82. The van der Waals surface area contributed by atoms with E-state index in [2.05, 4.69) is 15.9 Å². The van der Waals surface area contributed by atoms with Crippen LogP contribution in [0.1, 0.15) is 17.2 Å². The van der Waals surface area contributed by atoms with Crippen molar-refractivity contribution in [2.75, 3.05) is 0 Å². The third-order valence-electron chi connectivity index (χ3n) is 3.53. The summed E-state index contributed by atoms with van der Waals surface area (Å²) in [5.41, 5.74) is 8.35. The SMILES string of the molecule is NC(c1cc(Br)ccc1Cl)c1ccc(Cl)c2ccccc12. The zero-order valence-corrected chi connectivity index (χ0v) is 14.1. The van der Waals surface area contributed by atoms with E-state index in [1.807, 2.05) is 54.6 Å². The van der Waals surface area contributed by atoms with Gasteiger partial charge in [0.25, 0.3) is 0 Å². The van der Waals surface area contributed by atoms with Gasteiger partial charge in [-0.05, 0) is 40.8 Å². The molecule has 0 aliphatic rings. The molecule has 0 heterocycles. The van der Waals surface area contributed by atoms with Crippen LogP contribution in [0.3, 0.4) is 0 Å². The van der Waals surface area contributed by atoms with Crippen LogP contribution in [0, 0.1) is 0 Å². The van der Waals surface area contributed by atoms with Crippen molar-refractivity contribution in [2.45, 2.75) is 6.04 Å². The highest BCUT2D eigenvalue weighted by Crippen LogP contribution is 2.34. The van der Waals surface area contributed by atoms with Crippen molar-refractivity contribution in [2.24, 2.45) is 5.73 Å². The number of fused-ring (bicyclic) bond motifs is 1. The molecule has 0 aliphatic heterocycles. The van der Waals surface area contributed by atoms with Gasteiger partial charge in [-0.15, -0.1) is 0 Å². The maximum Gasteiger partial charge on any atom is 0.0572 e. The molecule has 21 heavy (non-hydrogen) atoms. The Balaban J connectivity index is 2.20. The molecule has 1 unspecified atom stereocenters. The minimum Gasteiger partial charge on any atom is -0.320 e. The van der Waals surface area contributed by atoms with Gasteiger partial charge in [-0.2, -0.15) is 0 Å². The number of nitrogens with two attached hydrogens (primary N) is 1. The van der Waals surface area contributed by atoms with Gasteiger partial charge in [0.15, 0.2) is 0 Å². The van der Waals surface area contributed by atoms with E-state index in [1.54, 1.807) is 0 Å². The Bertz CT molecular complexity index is 817. The van der Waals surface area contributed by atoms with Crippen LogP contribution in [0.2, 0.25) is 10.0 Å². The van der Waals surface area contributed by atoms with Crippen LogP contribution in [0.25, 0.3) is 10.8 Å². The van der Waals surface area contributed by atoms with Crippen molar-refractivity contribution in [3.05, 3.63) is 80.2 Å². The summed E-state index contributed by atoms with van der Waals surface area (Å²) in [5, 5.41) is 3.43. The summed E-state index contributed by atoms with van der Waals surface area (Å²) in [7, 11) is 0. The molecule has 0 saturated carbocycles. The average molecular weight is 381 g/mol. The fraction of sp³-hybridized carbons (Fsp3) is 0.0588. The van der Waals surface area contributed by atoms with E-state index in [0.717, 1.165) is 31.4 Å². The Kier molecular flexibility index (Phi) is 4.23. The molecule has 0 aliphatic carbocycles. The number of halogens is 3. The Morgan fingerprint density at radius 1 is 0.810 bits per heavy atom. The lowest BCUT2D eigenvalue weighted by Crippen LogP contribution is -2.13. The van der Waals surface area contributed by atoms with Gasteiger partial charge in [0.2, 0.25) is 0 Å². The zero-order chi connectivity index (χ0) is 15.0. The molecular weight excluding hydrogens is 369 g/mol. The Morgan fingerprint density at radius 2 is 1.48 bits per heavy atom. The molecule has 2 N–H and O–H groups in total. The van der Waals surface area contributed by atoms with Crippen LogP contribution in [0.4, 0.5) is 0 Å². The molecule has 1 atom stereocenters. The molecule has 1 nitrogen and oxygen atoms in total.